The van der Waals surface area contributed by atoms with Crippen molar-refractivity contribution in [2.24, 2.45) is 0 Å². The molecule has 3 aromatic rings. The zero-order valence-corrected chi connectivity index (χ0v) is 18.2. The van der Waals surface area contributed by atoms with Crippen LogP contribution in [0.25, 0.3) is 11.3 Å². The van der Waals surface area contributed by atoms with E-state index in [1.54, 1.807) is 19.4 Å². The molecular formula is C24H27N5O3. The average Bonchev–Trinajstić information content (AvgIpc) is 2.80. The molecule has 8 nitrogen and oxygen atoms in total. The summed E-state index contributed by atoms with van der Waals surface area (Å²) in [5.74, 6) is 0.308. The molecule has 0 bridgehead atoms. The summed E-state index contributed by atoms with van der Waals surface area (Å²) in [5.41, 5.74) is 4.12. The van der Waals surface area contributed by atoms with Gasteiger partial charge < -0.3 is 20.7 Å². The lowest BCUT2D eigenvalue weighted by Crippen LogP contribution is -2.27. The smallest absolute Gasteiger partial charge is 0.251 e. The number of methoxy groups -OCH3 is 1. The van der Waals surface area contributed by atoms with Crippen LogP contribution in [-0.4, -0.2) is 48.6 Å². The van der Waals surface area contributed by atoms with Gasteiger partial charge in [0.15, 0.2) is 0 Å². The molecule has 0 aliphatic carbocycles. The molecule has 0 atom stereocenters. The van der Waals surface area contributed by atoms with Gasteiger partial charge in [-0.3, -0.25) is 9.59 Å². The molecule has 3 rings (SSSR count). The second-order valence-electron chi connectivity index (χ2n) is 7.15. The first-order valence-electron chi connectivity index (χ1n) is 10.4. The van der Waals surface area contributed by atoms with E-state index in [2.05, 4.69) is 25.9 Å². The Balaban J connectivity index is 1.56. The van der Waals surface area contributed by atoms with Crippen molar-refractivity contribution < 1.29 is 14.3 Å². The van der Waals surface area contributed by atoms with Crippen LogP contribution in [-0.2, 0) is 16.0 Å². The summed E-state index contributed by atoms with van der Waals surface area (Å²) in [4.78, 5) is 32.2. The highest BCUT2D eigenvalue weighted by atomic mass is 16.5. The molecule has 0 spiro atoms. The Morgan fingerprint density at radius 1 is 1.03 bits per heavy atom. The highest BCUT2D eigenvalue weighted by Gasteiger charge is 2.07. The number of nitrogens with one attached hydrogen (secondary N) is 3. The van der Waals surface area contributed by atoms with Gasteiger partial charge in [0.05, 0.1) is 12.3 Å². The summed E-state index contributed by atoms with van der Waals surface area (Å²) >= 11 is 0. The molecule has 1 aromatic heterocycles. The lowest BCUT2D eigenvalue weighted by atomic mass is 10.1. The minimum atomic E-state index is -0.114. The van der Waals surface area contributed by atoms with E-state index in [9.17, 15) is 9.59 Å². The van der Waals surface area contributed by atoms with Gasteiger partial charge in [0.1, 0.15) is 0 Å². The fourth-order valence-electron chi connectivity index (χ4n) is 3.09. The van der Waals surface area contributed by atoms with E-state index in [0.717, 1.165) is 28.9 Å². The number of benzene rings is 2. The van der Waals surface area contributed by atoms with Gasteiger partial charge >= 0.3 is 0 Å². The van der Waals surface area contributed by atoms with Crippen molar-refractivity contribution in [1.29, 1.82) is 0 Å². The molecule has 0 aliphatic heterocycles. The number of aromatic nitrogens is 2. The van der Waals surface area contributed by atoms with Gasteiger partial charge in [0.2, 0.25) is 11.9 Å². The number of hydrogen-bond donors (Lipinski definition) is 3. The molecule has 8 heteroatoms. The predicted octanol–water partition coefficient (Wildman–Crippen LogP) is 3.13. The lowest BCUT2D eigenvalue weighted by Gasteiger charge is -2.09. The Hall–Kier alpha value is -3.78. The van der Waals surface area contributed by atoms with E-state index in [0.29, 0.717) is 31.2 Å². The Labute approximate surface area is 187 Å². The predicted molar refractivity (Wildman–Crippen MR) is 125 cm³/mol. The van der Waals surface area contributed by atoms with Crippen molar-refractivity contribution in [1.82, 2.24) is 15.3 Å². The lowest BCUT2D eigenvalue weighted by molar-refractivity contribution is -0.114. The highest BCUT2D eigenvalue weighted by molar-refractivity contribution is 5.94. The van der Waals surface area contributed by atoms with Crippen LogP contribution >= 0.6 is 0 Å². The van der Waals surface area contributed by atoms with E-state index < -0.39 is 0 Å². The summed E-state index contributed by atoms with van der Waals surface area (Å²) in [7, 11) is 1.60. The van der Waals surface area contributed by atoms with E-state index >= 15 is 0 Å². The van der Waals surface area contributed by atoms with Gasteiger partial charge in [0.25, 0.3) is 5.91 Å². The monoisotopic (exact) mass is 433 g/mol. The summed E-state index contributed by atoms with van der Waals surface area (Å²) in [5, 5.41) is 8.81. The number of nitrogens with zero attached hydrogens (tertiary/aromatic N) is 2. The van der Waals surface area contributed by atoms with Crippen molar-refractivity contribution in [3.8, 4) is 11.3 Å². The van der Waals surface area contributed by atoms with Crippen LogP contribution in [0.4, 0.5) is 11.6 Å². The van der Waals surface area contributed by atoms with Crippen LogP contribution in [0.15, 0.2) is 60.8 Å². The normalized spacial score (nSPS) is 10.4. The third kappa shape index (κ3) is 6.88. The Morgan fingerprint density at radius 3 is 2.59 bits per heavy atom. The van der Waals surface area contributed by atoms with Crippen molar-refractivity contribution in [3.05, 3.63) is 71.9 Å². The van der Waals surface area contributed by atoms with Gasteiger partial charge in [-0.25, -0.2) is 9.97 Å². The second kappa shape index (κ2) is 11.6. The molecule has 3 N–H and O–H groups in total. The maximum atomic E-state index is 12.2. The Bertz CT molecular complexity index is 1050. The summed E-state index contributed by atoms with van der Waals surface area (Å²) in [6.45, 7) is 3.06. The third-order valence-electron chi connectivity index (χ3n) is 4.63. The fraction of sp³-hybridized carbons (Fsp3) is 0.250. The van der Waals surface area contributed by atoms with Gasteiger partial charge in [-0.2, -0.15) is 0 Å². The molecule has 0 radical (unpaired) electrons. The topological polar surface area (TPSA) is 105 Å². The first-order chi connectivity index (χ1) is 15.5. The molecule has 1 heterocycles. The minimum Gasteiger partial charge on any atom is -0.383 e. The Morgan fingerprint density at radius 2 is 1.84 bits per heavy atom. The first kappa shape index (κ1) is 22.9. The molecule has 2 amide bonds. The fourth-order valence-corrected chi connectivity index (χ4v) is 3.09. The molecule has 0 unspecified atom stereocenters. The van der Waals surface area contributed by atoms with Gasteiger partial charge in [0, 0.05) is 50.1 Å². The van der Waals surface area contributed by atoms with E-state index in [1.165, 1.54) is 6.92 Å². The van der Waals surface area contributed by atoms with Crippen LogP contribution in [0.5, 0.6) is 0 Å². The standard InChI is InChI=1S/C24H27N5O3/c1-17(30)28-21-8-6-19(7-9-21)22-11-13-27-24(29-22)26-12-10-18-4-3-5-20(16-18)23(31)25-14-15-32-2/h3-9,11,13,16H,10,12,14-15H2,1-2H3,(H,25,31)(H,28,30)(H,26,27,29). The van der Waals surface area contributed by atoms with Gasteiger partial charge in [-0.1, -0.05) is 24.3 Å². The molecular weight excluding hydrogens is 406 g/mol. The summed E-state index contributed by atoms with van der Waals surface area (Å²) < 4.78 is 4.95. The zero-order valence-electron chi connectivity index (χ0n) is 18.2. The van der Waals surface area contributed by atoms with Crippen LogP contribution in [0, 0.1) is 0 Å². The van der Waals surface area contributed by atoms with E-state index in [4.69, 9.17) is 4.74 Å². The molecule has 0 aliphatic rings. The summed E-state index contributed by atoms with van der Waals surface area (Å²) in [6.07, 6.45) is 2.43. The first-order valence-corrected chi connectivity index (χ1v) is 10.4. The molecule has 2 aromatic carbocycles. The maximum Gasteiger partial charge on any atom is 0.251 e. The number of anilines is 2. The number of carbonyl (C=O) groups is 2. The number of rotatable bonds is 10. The quantitative estimate of drug-likeness (QED) is 0.424. The molecule has 32 heavy (non-hydrogen) atoms. The zero-order chi connectivity index (χ0) is 22.8. The van der Waals surface area contributed by atoms with Gasteiger partial charge in [-0.15, -0.1) is 0 Å². The molecule has 0 saturated heterocycles. The number of carbonyl (C=O) groups excluding carboxylic acids is 2. The minimum absolute atomic E-state index is 0.108. The second-order valence-corrected chi connectivity index (χ2v) is 7.15. The van der Waals surface area contributed by atoms with Crippen LogP contribution < -0.4 is 16.0 Å². The van der Waals surface area contributed by atoms with Crippen LogP contribution in [0.2, 0.25) is 0 Å². The third-order valence-corrected chi connectivity index (χ3v) is 4.63. The molecule has 166 valence electrons. The number of hydrogen-bond acceptors (Lipinski definition) is 6. The SMILES string of the molecule is COCCNC(=O)c1cccc(CCNc2nccc(-c3ccc(NC(C)=O)cc3)n2)c1. The average molecular weight is 434 g/mol. The highest BCUT2D eigenvalue weighted by Crippen LogP contribution is 2.20. The van der Waals surface area contributed by atoms with Crippen LogP contribution in [0.1, 0.15) is 22.8 Å². The summed E-state index contributed by atoms with van der Waals surface area (Å²) in [6, 6.07) is 16.9. The van der Waals surface area contributed by atoms with Crippen molar-refractivity contribution in [2.45, 2.75) is 13.3 Å². The van der Waals surface area contributed by atoms with Crippen LogP contribution in [0.3, 0.4) is 0 Å². The largest absolute Gasteiger partial charge is 0.383 e. The van der Waals surface area contributed by atoms with E-state index in [1.807, 2.05) is 48.5 Å². The van der Waals surface area contributed by atoms with Crippen molar-refractivity contribution >= 4 is 23.5 Å². The Kier molecular flexibility index (Phi) is 8.28. The maximum absolute atomic E-state index is 12.2. The van der Waals surface area contributed by atoms with Crippen molar-refractivity contribution in [2.75, 3.05) is 37.4 Å². The van der Waals surface area contributed by atoms with Gasteiger partial charge in [-0.05, 0) is 42.3 Å². The molecule has 0 fully saturated rings. The number of amides is 2. The van der Waals surface area contributed by atoms with E-state index in [-0.39, 0.29) is 11.8 Å². The molecule has 0 saturated carbocycles. The van der Waals surface area contributed by atoms with Crippen molar-refractivity contribution in [3.63, 3.8) is 0 Å². The number of ether oxygens (including phenoxy) is 1.